The van der Waals surface area contributed by atoms with Gasteiger partial charge in [0.15, 0.2) is 0 Å². The van der Waals surface area contributed by atoms with Gasteiger partial charge in [-0.25, -0.2) is 0 Å². The van der Waals surface area contributed by atoms with Gasteiger partial charge in [-0.15, -0.1) is 0 Å². The summed E-state index contributed by atoms with van der Waals surface area (Å²) in [5.41, 5.74) is 0.700. The Morgan fingerprint density at radius 2 is 1.73 bits per heavy atom. The molecule has 1 aliphatic rings. The molecule has 1 nitrogen and oxygen atoms in total. The molecule has 0 aromatic heterocycles. The van der Waals surface area contributed by atoms with E-state index >= 15 is 0 Å². The van der Waals surface area contributed by atoms with Crippen LogP contribution >= 0.6 is 0 Å². The summed E-state index contributed by atoms with van der Waals surface area (Å²) in [7, 11) is 0. The third-order valence-electron chi connectivity index (χ3n) is 3.89. The molecule has 0 radical (unpaired) electrons. The highest BCUT2D eigenvalue weighted by Gasteiger charge is 2.42. The Bertz CT molecular complexity index is 166. The highest BCUT2D eigenvalue weighted by molar-refractivity contribution is 4.95. The van der Waals surface area contributed by atoms with Crippen LogP contribution in [0.3, 0.4) is 0 Å². The lowest BCUT2D eigenvalue weighted by atomic mass is 9.88. The van der Waals surface area contributed by atoms with Crippen LogP contribution in [0.2, 0.25) is 0 Å². The van der Waals surface area contributed by atoms with Crippen LogP contribution in [0.5, 0.6) is 0 Å². The van der Waals surface area contributed by atoms with Crippen LogP contribution < -0.4 is 5.32 Å². The van der Waals surface area contributed by atoms with Gasteiger partial charge in [-0.1, -0.05) is 40.5 Å². The van der Waals surface area contributed by atoms with Crippen LogP contribution in [0.4, 0.5) is 0 Å². The standard InChI is InChI=1S/C14H29N/c1-5-13(6-2)9-14(7-8-14)11-15-10-12(3)4/h12-13,15H,5-11H2,1-4H3. The Balaban J connectivity index is 2.21. The SMILES string of the molecule is CCC(CC)CC1(CNCC(C)C)CC1. The van der Waals surface area contributed by atoms with E-state index in [-0.39, 0.29) is 0 Å². The number of rotatable bonds is 8. The van der Waals surface area contributed by atoms with Crippen LogP contribution in [0.15, 0.2) is 0 Å². The molecule has 0 bridgehead atoms. The normalized spacial score (nSPS) is 18.8. The van der Waals surface area contributed by atoms with Crippen molar-refractivity contribution in [1.29, 1.82) is 0 Å². The Morgan fingerprint density at radius 3 is 2.13 bits per heavy atom. The van der Waals surface area contributed by atoms with Gasteiger partial charge in [0, 0.05) is 6.54 Å². The Morgan fingerprint density at radius 1 is 1.13 bits per heavy atom. The van der Waals surface area contributed by atoms with Crippen molar-refractivity contribution in [2.24, 2.45) is 17.3 Å². The molecular weight excluding hydrogens is 182 g/mol. The molecular formula is C14H29N. The molecule has 1 fully saturated rings. The first kappa shape index (κ1) is 13.0. The second kappa shape index (κ2) is 5.89. The molecule has 0 aliphatic heterocycles. The third kappa shape index (κ3) is 4.55. The van der Waals surface area contributed by atoms with Crippen molar-refractivity contribution in [3.8, 4) is 0 Å². The molecule has 1 heteroatoms. The van der Waals surface area contributed by atoms with Crippen molar-refractivity contribution in [3.63, 3.8) is 0 Å². The van der Waals surface area contributed by atoms with E-state index < -0.39 is 0 Å². The quantitative estimate of drug-likeness (QED) is 0.643. The predicted molar refractivity (Wildman–Crippen MR) is 68.1 cm³/mol. The first-order valence-electron chi connectivity index (χ1n) is 6.82. The summed E-state index contributed by atoms with van der Waals surface area (Å²) in [5.74, 6) is 1.75. The van der Waals surface area contributed by atoms with Crippen molar-refractivity contribution in [2.45, 2.75) is 59.8 Å². The minimum Gasteiger partial charge on any atom is -0.316 e. The highest BCUT2D eigenvalue weighted by atomic mass is 14.9. The minimum absolute atomic E-state index is 0.700. The second-order valence-electron chi connectivity index (χ2n) is 5.91. The van der Waals surface area contributed by atoms with Crippen molar-refractivity contribution in [3.05, 3.63) is 0 Å². The molecule has 0 saturated heterocycles. The van der Waals surface area contributed by atoms with Crippen molar-refractivity contribution >= 4 is 0 Å². The fraction of sp³-hybridized carbons (Fsp3) is 1.00. The molecule has 1 N–H and O–H groups in total. The molecule has 90 valence electrons. The molecule has 0 spiro atoms. The summed E-state index contributed by atoms with van der Waals surface area (Å²) >= 11 is 0. The van der Waals surface area contributed by atoms with Gasteiger partial charge >= 0.3 is 0 Å². The van der Waals surface area contributed by atoms with Crippen LogP contribution in [0.1, 0.15) is 59.8 Å². The smallest absolute Gasteiger partial charge is 0.000803 e. The fourth-order valence-electron chi connectivity index (χ4n) is 2.45. The van der Waals surface area contributed by atoms with E-state index in [0.29, 0.717) is 5.41 Å². The monoisotopic (exact) mass is 211 g/mol. The van der Waals surface area contributed by atoms with Crippen LogP contribution in [-0.4, -0.2) is 13.1 Å². The molecule has 0 unspecified atom stereocenters. The van der Waals surface area contributed by atoms with Crippen molar-refractivity contribution < 1.29 is 0 Å². The molecule has 15 heavy (non-hydrogen) atoms. The van der Waals surface area contributed by atoms with Gasteiger partial charge in [0.25, 0.3) is 0 Å². The molecule has 0 heterocycles. The van der Waals surface area contributed by atoms with Crippen molar-refractivity contribution in [1.82, 2.24) is 5.32 Å². The zero-order valence-electron chi connectivity index (χ0n) is 11.1. The van der Waals surface area contributed by atoms with Gasteiger partial charge in [0.1, 0.15) is 0 Å². The van der Waals surface area contributed by atoms with Crippen LogP contribution in [-0.2, 0) is 0 Å². The fourth-order valence-corrected chi connectivity index (χ4v) is 2.45. The van der Waals surface area contributed by atoms with Crippen molar-refractivity contribution in [2.75, 3.05) is 13.1 Å². The van der Waals surface area contributed by atoms with Gasteiger partial charge in [-0.05, 0) is 43.1 Å². The van der Waals surface area contributed by atoms with Crippen LogP contribution in [0, 0.1) is 17.3 Å². The van der Waals surface area contributed by atoms with Crippen LogP contribution in [0.25, 0.3) is 0 Å². The van der Waals surface area contributed by atoms with E-state index in [4.69, 9.17) is 0 Å². The summed E-state index contributed by atoms with van der Waals surface area (Å²) in [6.45, 7) is 11.7. The Kier molecular flexibility index (Phi) is 5.11. The molecule has 1 rings (SSSR count). The average molecular weight is 211 g/mol. The lowest BCUT2D eigenvalue weighted by Gasteiger charge is -2.22. The maximum atomic E-state index is 3.64. The third-order valence-corrected chi connectivity index (χ3v) is 3.89. The lowest BCUT2D eigenvalue weighted by Crippen LogP contribution is -2.28. The average Bonchev–Trinajstić information content (AvgIpc) is 2.94. The van der Waals surface area contributed by atoms with Gasteiger partial charge in [-0.2, -0.15) is 0 Å². The maximum absolute atomic E-state index is 3.64. The lowest BCUT2D eigenvalue weighted by molar-refractivity contribution is 0.318. The second-order valence-corrected chi connectivity index (χ2v) is 5.91. The molecule has 0 amide bonds. The zero-order valence-corrected chi connectivity index (χ0v) is 11.1. The first-order valence-corrected chi connectivity index (χ1v) is 6.82. The van der Waals surface area contributed by atoms with Gasteiger partial charge in [0.05, 0.1) is 0 Å². The topological polar surface area (TPSA) is 12.0 Å². The summed E-state index contributed by atoms with van der Waals surface area (Å²) in [4.78, 5) is 0. The highest BCUT2D eigenvalue weighted by Crippen LogP contribution is 2.50. The summed E-state index contributed by atoms with van der Waals surface area (Å²) < 4.78 is 0. The van der Waals surface area contributed by atoms with Gasteiger partial charge < -0.3 is 5.32 Å². The molecule has 0 aromatic rings. The molecule has 1 saturated carbocycles. The minimum atomic E-state index is 0.700. The van der Waals surface area contributed by atoms with Gasteiger partial charge in [0.2, 0.25) is 0 Å². The Hall–Kier alpha value is -0.0400. The van der Waals surface area contributed by atoms with E-state index in [1.807, 2.05) is 0 Å². The number of nitrogens with one attached hydrogen (secondary N) is 1. The first-order chi connectivity index (χ1) is 7.12. The zero-order chi connectivity index (χ0) is 11.3. The molecule has 0 atom stereocenters. The van der Waals surface area contributed by atoms with E-state index in [9.17, 15) is 0 Å². The van der Waals surface area contributed by atoms with E-state index in [1.165, 1.54) is 45.2 Å². The Labute approximate surface area is 96.0 Å². The molecule has 0 aromatic carbocycles. The molecule has 1 aliphatic carbocycles. The maximum Gasteiger partial charge on any atom is 0.000803 e. The predicted octanol–water partition coefficient (Wildman–Crippen LogP) is 3.84. The number of hydrogen-bond donors (Lipinski definition) is 1. The summed E-state index contributed by atoms with van der Waals surface area (Å²) in [6, 6.07) is 0. The van der Waals surface area contributed by atoms with E-state index in [1.54, 1.807) is 0 Å². The summed E-state index contributed by atoms with van der Waals surface area (Å²) in [5, 5.41) is 3.64. The van der Waals surface area contributed by atoms with E-state index in [0.717, 1.165) is 11.8 Å². The largest absolute Gasteiger partial charge is 0.316 e. The number of hydrogen-bond acceptors (Lipinski definition) is 1. The van der Waals surface area contributed by atoms with Gasteiger partial charge in [-0.3, -0.25) is 0 Å². The summed E-state index contributed by atoms with van der Waals surface area (Å²) in [6.07, 6.45) is 7.12. The van der Waals surface area contributed by atoms with E-state index in [2.05, 4.69) is 33.0 Å².